The number of pyridine rings is 1. The van der Waals surface area contributed by atoms with E-state index in [9.17, 15) is 5.11 Å². The lowest BCUT2D eigenvalue weighted by Gasteiger charge is -2.04. The molecule has 0 aliphatic carbocycles. The van der Waals surface area contributed by atoms with Gasteiger partial charge in [-0.15, -0.1) is 0 Å². The van der Waals surface area contributed by atoms with Gasteiger partial charge in [0.25, 0.3) is 0 Å². The smallest absolute Gasteiger partial charge is 0.142 e. The molecule has 0 aliphatic rings. The molecule has 2 aromatic carbocycles. The van der Waals surface area contributed by atoms with Crippen molar-refractivity contribution in [1.82, 2.24) is 4.98 Å². The highest BCUT2D eigenvalue weighted by Gasteiger charge is 2.05. The second-order valence-corrected chi connectivity index (χ2v) is 4.50. The summed E-state index contributed by atoms with van der Waals surface area (Å²) < 4.78 is 0. The van der Waals surface area contributed by atoms with E-state index in [0.29, 0.717) is 5.56 Å². The highest BCUT2D eigenvalue weighted by molar-refractivity contribution is 5.78. The standard InChI is InChI=1S/C18H13NO/c20-18(11-10-14-6-2-1-3-7-14)16-12-15-8-4-5-9-17(15)19-13-16/h1-9,12-13,18,20H/t18-/m1/s1. The first-order valence-electron chi connectivity index (χ1n) is 6.42. The SMILES string of the molecule is O[C@H](C#Cc1ccccc1)c1cnc2ccccc2c1. The van der Waals surface area contributed by atoms with E-state index >= 15 is 0 Å². The second kappa shape index (κ2) is 5.56. The Labute approximate surface area is 117 Å². The molecule has 1 heterocycles. The van der Waals surface area contributed by atoms with Gasteiger partial charge in [0.1, 0.15) is 6.10 Å². The van der Waals surface area contributed by atoms with E-state index in [1.807, 2.05) is 60.7 Å². The number of aliphatic hydroxyl groups is 1. The van der Waals surface area contributed by atoms with Gasteiger partial charge in [-0.1, -0.05) is 48.2 Å². The Balaban J connectivity index is 1.89. The molecule has 2 heteroatoms. The van der Waals surface area contributed by atoms with Gasteiger partial charge >= 0.3 is 0 Å². The number of nitrogens with zero attached hydrogens (tertiary/aromatic N) is 1. The van der Waals surface area contributed by atoms with Crippen LogP contribution in [0.4, 0.5) is 0 Å². The maximum absolute atomic E-state index is 10.1. The van der Waals surface area contributed by atoms with Crippen molar-refractivity contribution in [2.45, 2.75) is 6.10 Å². The number of rotatable bonds is 1. The highest BCUT2D eigenvalue weighted by atomic mass is 16.3. The van der Waals surface area contributed by atoms with E-state index in [1.165, 1.54) is 0 Å². The topological polar surface area (TPSA) is 33.1 Å². The average Bonchev–Trinajstić information content (AvgIpc) is 2.53. The van der Waals surface area contributed by atoms with E-state index in [2.05, 4.69) is 16.8 Å². The van der Waals surface area contributed by atoms with Crippen molar-refractivity contribution in [3.63, 3.8) is 0 Å². The Kier molecular flexibility index (Phi) is 3.45. The molecule has 0 saturated heterocycles. The van der Waals surface area contributed by atoms with E-state index in [4.69, 9.17) is 0 Å². The minimum Gasteiger partial charge on any atom is -0.376 e. The fourth-order valence-electron chi connectivity index (χ4n) is 1.99. The fourth-order valence-corrected chi connectivity index (χ4v) is 1.99. The third-order valence-corrected chi connectivity index (χ3v) is 3.05. The summed E-state index contributed by atoms with van der Waals surface area (Å²) in [5, 5.41) is 11.1. The van der Waals surface area contributed by atoms with Gasteiger partial charge in [-0.3, -0.25) is 4.98 Å². The predicted octanol–water partition coefficient (Wildman–Crippen LogP) is 3.32. The molecule has 1 N–H and O–H groups in total. The van der Waals surface area contributed by atoms with Crippen molar-refractivity contribution in [3.8, 4) is 11.8 Å². The molecule has 3 rings (SSSR count). The molecule has 0 amide bonds. The Hall–Kier alpha value is -2.63. The number of hydrogen-bond acceptors (Lipinski definition) is 2. The molecule has 0 spiro atoms. The quantitative estimate of drug-likeness (QED) is 0.680. The van der Waals surface area contributed by atoms with Gasteiger partial charge in [0.15, 0.2) is 0 Å². The predicted molar refractivity (Wildman–Crippen MR) is 80.0 cm³/mol. The molecule has 1 aromatic heterocycles. The molecule has 0 unspecified atom stereocenters. The van der Waals surface area contributed by atoms with Gasteiger partial charge in [-0.05, 0) is 24.3 Å². The molecule has 0 aliphatic heterocycles. The Morgan fingerprint density at radius 1 is 0.950 bits per heavy atom. The fraction of sp³-hybridized carbons (Fsp3) is 0.0556. The van der Waals surface area contributed by atoms with E-state index in [-0.39, 0.29) is 0 Å². The molecule has 1 atom stereocenters. The summed E-state index contributed by atoms with van der Waals surface area (Å²) in [5.74, 6) is 5.81. The molecule has 0 fully saturated rings. The largest absolute Gasteiger partial charge is 0.376 e. The number of benzene rings is 2. The van der Waals surface area contributed by atoms with Crippen LogP contribution in [0.3, 0.4) is 0 Å². The number of aromatic nitrogens is 1. The van der Waals surface area contributed by atoms with Gasteiger partial charge in [0.05, 0.1) is 5.52 Å². The van der Waals surface area contributed by atoms with Crippen LogP contribution in [-0.4, -0.2) is 10.1 Å². The number of aliphatic hydroxyl groups excluding tert-OH is 1. The van der Waals surface area contributed by atoms with Gasteiger partial charge in [-0.2, -0.15) is 0 Å². The number of fused-ring (bicyclic) bond motifs is 1. The number of hydrogen-bond donors (Lipinski definition) is 1. The van der Waals surface area contributed by atoms with Crippen molar-refractivity contribution in [2.24, 2.45) is 0 Å². The molecule has 20 heavy (non-hydrogen) atoms. The van der Waals surface area contributed by atoms with Gasteiger partial charge in [0.2, 0.25) is 0 Å². The maximum Gasteiger partial charge on any atom is 0.142 e. The molecule has 3 aromatic rings. The van der Waals surface area contributed by atoms with Crippen molar-refractivity contribution in [2.75, 3.05) is 0 Å². The van der Waals surface area contributed by atoms with Crippen LogP contribution in [0, 0.1) is 11.8 Å². The monoisotopic (exact) mass is 259 g/mol. The molecule has 0 radical (unpaired) electrons. The average molecular weight is 259 g/mol. The highest BCUT2D eigenvalue weighted by Crippen LogP contribution is 2.17. The van der Waals surface area contributed by atoms with E-state index in [0.717, 1.165) is 16.5 Å². The summed E-state index contributed by atoms with van der Waals surface area (Å²) in [6.07, 6.45) is 0.847. The molecule has 0 bridgehead atoms. The Bertz CT molecular complexity index is 784. The van der Waals surface area contributed by atoms with Crippen LogP contribution in [0.1, 0.15) is 17.2 Å². The first-order chi connectivity index (χ1) is 9.83. The van der Waals surface area contributed by atoms with Crippen molar-refractivity contribution < 1.29 is 5.11 Å². The Morgan fingerprint density at radius 2 is 1.70 bits per heavy atom. The summed E-state index contributed by atoms with van der Waals surface area (Å²) in [7, 11) is 0. The third kappa shape index (κ3) is 2.69. The normalized spacial score (nSPS) is 11.7. The first kappa shape index (κ1) is 12.4. The lowest BCUT2D eigenvalue weighted by Crippen LogP contribution is -1.95. The van der Waals surface area contributed by atoms with Crippen molar-refractivity contribution in [1.29, 1.82) is 0 Å². The first-order valence-corrected chi connectivity index (χ1v) is 6.42. The lowest BCUT2D eigenvalue weighted by molar-refractivity contribution is 0.238. The van der Waals surface area contributed by atoms with Crippen LogP contribution >= 0.6 is 0 Å². The van der Waals surface area contributed by atoms with Crippen LogP contribution in [0.25, 0.3) is 10.9 Å². The molecule has 0 saturated carbocycles. The molecular weight excluding hydrogens is 246 g/mol. The molecular formula is C18H13NO. The van der Waals surface area contributed by atoms with Crippen LogP contribution in [0.2, 0.25) is 0 Å². The summed E-state index contributed by atoms with van der Waals surface area (Å²) >= 11 is 0. The lowest BCUT2D eigenvalue weighted by atomic mass is 10.1. The van der Waals surface area contributed by atoms with Gasteiger partial charge < -0.3 is 5.11 Å². The van der Waals surface area contributed by atoms with Crippen LogP contribution in [0.5, 0.6) is 0 Å². The van der Waals surface area contributed by atoms with E-state index < -0.39 is 6.10 Å². The summed E-state index contributed by atoms with van der Waals surface area (Å²) in [6, 6.07) is 19.4. The number of para-hydroxylation sites is 1. The molecule has 2 nitrogen and oxygen atoms in total. The minimum atomic E-state index is -0.827. The van der Waals surface area contributed by atoms with Crippen LogP contribution in [-0.2, 0) is 0 Å². The Morgan fingerprint density at radius 3 is 2.55 bits per heavy atom. The maximum atomic E-state index is 10.1. The zero-order valence-electron chi connectivity index (χ0n) is 10.8. The second-order valence-electron chi connectivity index (χ2n) is 4.50. The van der Waals surface area contributed by atoms with E-state index in [1.54, 1.807) is 6.20 Å². The van der Waals surface area contributed by atoms with Gasteiger partial charge in [-0.25, -0.2) is 0 Å². The third-order valence-electron chi connectivity index (χ3n) is 3.05. The zero-order valence-corrected chi connectivity index (χ0v) is 10.8. The van der Waals surface area contributed by atoms with Crippen LogP contribution in [0.15, 0.2) is 66.9 Å². The van der Waals surface area contributed by atoms with Crippen molar-refractivity contribution >= 4 is 10.9 Å². The minimum absolute atomic E-state index is 0.715. The summed E-state index contributed by atoms with van der Waals surface area (Å²) in [4.78, 5) is 4.33. The van der Waals surface area contributed by atoms with Crippen molar-refractivity contribution in [3.05, 3.63) is 78.0 Å². The molecule has 96 valence electrons. The zero-order chi connectivity index (χ0) is 13.8. The summed E-state index contributed by atoms with van der Waals surface area (Å²) in [6.45, 7) is 0. The summed E-state index contributed by atoms with van der Waals surface area (Å²) in [5.41, 5.74) is 2.52. The van der Waals surface area contributed by atoms with Crippen LogP contribution < -0.4 is 0 Å². The van der Waals surface area contributed by atoms with Gasteiger partial charge in [0, 0.05) is 22.7 Å².